The molecule has 2 aromatic rings. The molecule has 1 saturated heterocycles. The van der Waals surface area contributed by atoms with Crippen LogP contribution in [0.15, 0.2) is 24.3 Å². The fraction of sp³-hybridized carbons (Fsp3) is 0.417. The number of H-pyrrole nitrogens is 1. The van der Waals surface area contributed by atoms with E-state index in [-0.39, 0.29) is 12.4 Å². The lowest BCUT2D eigenvalue weighted by Crippen LogP contribution is -2.28. The molecule has 92 valence electrons. The van der Waals surface area contributed by atoms with Crippen molar-refractivity contribution in [3.8, 4) is 0 Å². The van der Waals surface area contributed by atoms with Crippen molar-refractivity contribution in [2.45, 2.75) is 6.42 Å². The van der Waals surface area contributed by atoms with E-state index >= 15 is 0 Å². The summed E-state index contributed by atoms with van der Waals surface area (Å²) >= 11 is 0. The summed E-state index contributed by atoms with van der Waals surface area (Å²) in [7, 11) is 0. The molecule has 0 spiro atoms. The highest BCUT2D eigenvalue weighted by molar-refractivity contribution is 5.85. The normalized spacial score (nSPS) is 16.6. The Morgan fingerprint density at radius 1 is 1.12 bits per heavy atom. The predicted molar refractivity (Wildman–Crippen MR) is 73.0 cm³/mol. The summed E-state index contributed by atoms with van der Waals surface area (Å²) in [5.74, 6) is 1.00. The lowest BCUT2D eigenvalue weighted by molar-refractivity contribution is 0.724. The number of nitrogens with one attached hydrogen (secondary N) is 2. The molecule has 5 heteroatoms. The lowest BCUT2D eigenvalue weighted by atomic mass is 10.3. The Kier molecular flexibility index (Phi) is 3.86. The predicted octanol–water partition coefficient (Wildman–Crippen LogP) is 1.78. The van der Waals surface area contributed by atoms with E-state index in [2.05, 4.69) is 26.3 Å². The van der Waals surface area contributed by atoms with Gasteiger partial charge in [-0.15, -0.1) is 12.4 Å². The first kappa shape index (κ1) is 12.2. The SMILES string of the molecule is Cl.c1ccc2[nH]c(N3CCCNCC3)nc2c1. The van der Waals surface area contributed by atoms with Crippen LogP contribution in [0.2, 0.25) is 0 Å². The second kappa shape index (κ2) is 5.38. The number of aromatic nitrogens is 2. The topological polar surface area (TPSA) is 44.0 Å². The van der Waals surface area contributed by atoms with Gasteiger partial charge in [0.2, 0.25) is 5.95 Å². The van der Waals surface area contributed by atoms with Crippen LogP contribution in [0, 0.1) is 0 Å². The number of fused-ring (bicyclic) bond motifs is 1. The zero-order valence-electron chi connectivity index (χ0n) is 9.65. The number of aromatic amines is 1. The zero-order valence-corrected chi connectivity index (χ0v) is 10.5. The van der Waals surface area contributed by atoms with Gasteiger partial charge in [0.15, 0.2) is 0 Å². The van der Waals surface area contributed by atoms with Gasteiger partial charge in [-0.05, 0) is 25.1 Å². The summed E-state index contributed by atoms with van der Waals surface area (Å²) in [5, 5.41) is 3.40. The van der Waals surface area contributed by atoms with Gasteiger partial charge in [-0.2, -0.15) is 0 Å². The van der Waals surface area contributed by atoms with Crippen LogP contribution < -0.4 is 10.2 Å². The maximum atomic E-state index is 4.62. The van der Waals surface area contributed by atoms with Crippen molar-refractivity contribution in [1.29, 1.82) is 0 Å². The smallest absolute Gasteiger partial charge is 0.203 e. The number of anilines is 1. The molecule has 3 rings (SSSR count). The molecular weight excluding hydrogens is 236 g/mol. The second-order valence-electron chi connectivity index (χ2n) is 4.17. The second-order valence-corrected chi connectivity index (χ2v) is 4.17. The standard InChI is InChI=1S/C12H16N4.ClH/c1-2-5-11-10(4-1)14-12(15-11)16-8-3-6-13-7-9-16;/h1-2,4-5,13H,3,6-9H2,(H,14,15);1H. The largest absolute Gasteiger partial charge is 0.341 e. The Labute approximate surface area is 107 Å². The van der Waals surface area contributed by atoms with Gasteiger partial charge in [0.25, 0.3) is 0 Å². The molecule has 17 heavy (non-hydrogen) atoms. The number of nitrogens with zero attached hydrogens (tertiary/aromatic N) is 2. The van der Waals surface area contributed by atoms with Crippen molar-refractivity contribution in [1.82, 2.24) is 15.3 Å². The minimum atomic E-state index is 0. The van der Waals surface area contributed by atoms with E-state index in [1.807, 2.05) is 18.2 Å². The van der Waals surface area contributed by atoms with Gasteiger partial charge in [0, 0.05) is 19.6 Å². The molecule has 1 aliphatic rings. The van der Waals surface area contributed by atoms with Crippen molar-refractivity contribution in [3.05, 3.63) is 24.3 Å². The van der Waals surface area contributed by atoms with Gasteiger partial charge in [-0.25, -0.2) is 4.98 Å². The van der Waals surface area contributed by atoms with Crippen molar-refractivity contribution in [2.24, 2.45) is 0 Å². The molecule has 0 saturated carbocycles. The van der Waals surface area contributed by atoms with E-state index in [0.717, 1.165) is 43.2 Å². The summed E-state index contributed by atoms with van der Waals surface area (Å²) in [4.78, 5) is 10.3. The van der Waals surface area contributed by atoms with Crippen LogP contribution in [0.25, 0.3) is 11.0 Å². The zero-order chi connectivity index (χ0) is 10.8. The average Bonchev–Trinajstić information content (AvgIpc) is 2.56. The molecule has 0 amide bonds. The Hall–Kier alpha value is -1.26. The summed E-state index contributed by atoms with van der Waals surface area (Å²) in [6.45, 7) is 4.25. The van der Waals surface area contributed by atoms with Crippen molar-refractivity contribution >= 4 is 29.4 Å². The minimum absolute atomic E-state index is 0. The van der Waals surface area contributed by atoms with Crippen LogP contribution in [-0.4, -0.2) is 36.1 Å². The molecule has 1 fully saturated rings. The Bertz CT molecular complexity index is 441. The van der Waals surface area contributed by atoms with Crippen LogP contribution in [-0.2, 0) is 0 Å². The van der Waals surface area contributed by atoms with Crippen molar-refractivity contribution in [2.75, 3.05) is 31.1 Å². The average molecular weight is 253 g/mol. The summed E-state index contributed by atoms with van der Waals surface area (Å²) in [6.07, 6.45) is 1.18. The van der Waals surface area contributed by atoms with E-state index in [9.17, 15) is 0 Å². The number of para-hydroxylation sites is 2. The van der Waals surface area contributed by atoms with Gasteiger partial charge < -0.3 is 15.2 Å². The van der Waals surface area contributed by atoms with E-state index in [4.69, 9.17) is 0 Å². The quantitative estimate of drug-likeness (QED) is 0.813. The first-order chi connectivity index (χ1) is 7.93. The molecule has 1 aromatic heterocycles. The van der Waals surface area contributed by atoms with E-state index in [0.29, 0.717) is 0 Å². The van der Waals surface area contributed by atoms with Crippen LogP contribution >= 0.6 is 12.4 Å². The third-order valence-electron chi connectivity index (χ3n) is 3.02. The highest BCUT2D eigenvalue weighted by Gasteiger charge is 2.12. The minimum Gasteiger partial charge on any atom is -0.341 e. The Morgan fingerprint density at radius 2 is 2.00 bits per heavy atom. The third kappa shape index (κ3) is 2.53. The Balaban J connectivity index is 0.00000108. The van der Waals surface area contributed by atoms with Crippen LogP contribution in [0.5, 0.6) is 0 Å². The fourth-order valence-electron chi connectivity index (χ4n) is 2.15. The lowest BCUT2D eigenvalue weighted by Gasteiger charge is -2.18. The number of hydrogen-bond acceptors (Lipinski definition) is 3. The first-order valence-electron chi connectivity index (χ1n) is 5.84. The fourth-order valence-corrected chi connectivity index (χ4v) is 2.15. The summed E-state index contributed by atoms with van der Waals surface area (Å²) in [6, 6.07) is 8.18. The van der Waals surface area contributed by atoms with Crippen LogP contribution in [0.1, 0.15) is 6.42 Å². The molecular formula is C12H17ClN4. The van der Waals surface area contributed by atoms with E-state index in [1.165, 1.54) is 6.42 Å². The molecule has 2 N–H and O–H groups in total. The molecule has 0 unspecified atom stereocenters. The molecule has 0 atom stereocenters. The Morgan fingerprint density at radius 3 is 2.88 bits per heavy atom. The van der Waals surface area contributed by atoms with E-state index < -0.39 is 0 Å². The van der Waals surface area contributed by atoms with Crippen molar-refractivity contribution < 1.29 is 0 Å². The number of benzene rings is 1. The maximum absolute atomic E-state index is 4.62. The van der Waals surface area contributed by atoms with Crippen LogP contribution in [0.4, 0.5) is 5.95 Å². The molecule has 0 radical (unpaired) electrons. The molecule has 4 nitrogen and oxygen atoms in total. The van der Waals surface area contributed by atoms with Crippen LogP contribution in [0.3, 0.4) is 0 Å². The number of rotatable bonds is 1. The van der Waals surface area contributed by atoms with Crippen molar-refractivity contribution in [3.63, 3.8) is 0 Å². The monoisotopic (exact) mass is 252 g/mol. The highest BCUT2D eigenvalue weighted by Crippen LogP contribution is 2.17. The van der Waals surface area contributed by atoms with Gasteiger partial charge in [-0.1, -0.05) is 12.1 Å². The molecule has 0 bridgehead atoms. The van der Waals surface area contributed by atoms with E-state index in [1.54, 1.807) is 0 Å². The molecule has 1 aromatic carbocycles. The number of halogens is 1. The number of imidazole rings is 1. The summed E-state index contributed by atoms with van der Waals surface area (Å²) < 4.78 is 0. The third-order valence-corrected chi connectivity index (χ3v) is 3.02. The summed E-state index contributed by atoms with van der Waals surface area (Å²) in [5.41, 5.74) is 2.17. The van der Waals surface area contributed by atoms with Gasteiger partial charge >= 0.3 is 0 Å². The van der Waals surface area contributed by atoms with Gasteiger partial charge in [-0.3, -0.25) is 0 Å². The molecule has 2 heterocycles. The highest BCUT2D eigenvalue weighted by atomic mass is 35.5. The first-order valence-corrected chi connectivity index (χ1v) is 5.84. The maximum Gasteiger partial charge on any atom is 0.203 e. The molecule has 1 aliphatic heterocycles. The molecule has 0 aliphatic carbocycles. The number of hydrogen-bond donors (Lipinski definition) is 2. The van der Waals surface area contributed by atoms with Gasteiger partial charge in [0.1, 0.15) is 0 Å². The van der Waals surface area contributed by atoms with Gasteiger partial charge in [0.05, 0.1) is 11.0 Å².